The Kier molecular flexibility index (Phi) is 2.60. The third-order valence-electron chi connectivity index (χ3n) is 1.88. The molecule has 1 aromatic rings. The molecule has 0 aromatic carbocycles. The number of aldehydes is 1. The van der Waals surface area contributed by atoms with Gasteiger partial charge >= 0.3 is 0 Å². The van der Waals surface area contributed by atoms with Gasteiger partial charge in [-0.15, -0.1) is 0 Å². The third-order valence-corrected chi connectivity index (χ3v) is 1.88. The van der Waals surface area contributed by atoms with Gasteiger partial charge in [0.2, 0.25) is 0 Å². The Morgan fingerprint density at radius 2 is 2.33 bits per heavy atom. The van der Waals surface area contributed by atoms with Crippen LogP contribution in [0, 0.1) is 6.92 Å². The van der Waals surface area contributed by atoms with Crippen molar-refractivity contribution in [3.8, 4) is 0 Å². The average Bonchev–Trinajstić information content (AvgIpc) is 2.45. The first-order chi connectivity index (χ1) is 5.70. The molecule has 1 unspecified atom stereocenters. The number of carbonyl (C=O) groups is 1. The molecule has 0 aliphatic rings. The summed E-state index contributed by atoms with van der Waals surface area (Å²) in [7, 11) is 1.59. The van der Waals surface area contributed by atoms with Gasteiger partial charge in [-0.25, -0.2) is 0 Å². The molecule has 1 atom stereocenters. The Morgan fingerprint density at radius 3 is 2.83 bits per heavy atom. The van der Waals surface area contributed by atoms with Crippen molar-refractivity contribution in [2.24, 2.45) is 0 Å². The summed E-state index contributed by atoms with van der Waals surface area (Å²) in [5.74, 6) is 0. The molecule has 0 radical (unpaired) electrons. The SMILES string of the molecule is COC(C)c1n[nH]c(C)c1C=O. The van der Waals surface area contributed by atoms with Gasteiger partial charge in [-0.2, -0.15) is 5.10 Å². The number of methoxy groups -OCH3 is 1. The van der Waals surface area contributed by atoms with Gasteiger partial charge in [0.05, 0.1) is 11.7 Å². The quantitative estimate of drug-likeness (QED) is 0.691. The molecule has 12 heavy (non-hydrogen) atoms. The fourth-order valence-electron chi connectivity index (χ4n) is 1.03. The second kappa shape index (κ2) is 3.49. The Hall–Kier alpha value is -1.16. The zero-order chi connectivity index (χ0) is 9.14. The molecule has 1 heterocycles. The Balaban J connectivity index is 3.06. The maximum atomic E-state index is 10.6. The van der Waals surface area contributed by atoms with E-state index in [1.165, 1.54) is 0 Å². The van der Waals surface area contributed by atoms with Gasteiger partial charge in [0.25, 0.3) is 0 Å². The van der Waals surface area contributed by atoms with Crippen LogP contribution in [-0.4, -0.2) is 23.6 Å². The predicted molar refractivity (Wildman–Crippen MR) is 44.1 cm³/mol. The largest absolute Gasteiger partial charge is 0.375 e. The summed E-state index contributed by atoms with van der Waals surface area (Å²) in [6, 6.07) is 0. The van der Waals surface area contributed by atoms with Crippen LogP contribution in [0.3, 0.4) is 0 Å². The van der Waals surface area contributed by atoms with Gasteiger partial charge in [-0.1, -0.05) is 0 Å². The fourth-order valence-corrected chi connectivity index (χ4v) is 1.03. The van der Waals surface area contributed by atoms with Crippen LogP contribution in [0.15, 0.2) is 0 Å². The van der Waals surface area contributed by atoms with E-state index >= 15 is 0 Å². The molecule has 0 saturated heterocycles. The zero-order valence-corrected chi connectivity index (χ0v) is 7.42. The first-order valence-electron chi connectivity index (χ1n) is 3.73. The molecule has 1 aromatic heterocycles. The molecule has 0 spiro atoms. The van der Waals surface area contributed by atoms with Crippen molar-refractivity contribution in [3.05, 3.63) is 17.0 Å². The average molecular weight is 168 g/mol. The highest BCUT2D eigenvalue weighted by Crippen LogP contribution is 2.18. The van der Waals surface area contributed by atoms with E-state index < -0.39 is 0 Å². The van der Waals surface area contributed by atoms with Crippen LogP contribution in [-0.2, 0) is 4.74 Å². The van der Waals surface area contributed by atoms with E-state index in [1.54, 1.807) is 7.11 Å². The van der Waals surface area contributed by atoms with Crippen molar-refractivity contribution in [3.63, 3.8) is 0 Å². The first kappa shape index (κ1) is 8.93. The lowest BCUT2D eigenvalue weighted by atomic mass is 10.1. The molecule has 0 aliphatic carbocycles. The number of hydrogen-bond donors (Lipinski definition) is 1. The lowest BCUT2D eigenvalue weighted by Crippen LogP contribution is -1.99. The summed E-state index contributed by atoms with van der Waals surface area (Å²) in [6.45, 7) is 3.66. The van der Waals surface area contributed by atoms with Crippen LogP contribution in [0.25, 0.3) is 0 Å². The molecule has 66 valence electrons. The summed E-state index contributed by atoms with van der Waals surface area (Å²) in [4.78, 5) is 10.6. The van der Waals surface area contributed by atoms with Gasteiger partial charge in [0, 0.05) is 12.8 Å². The number of nitrogens with zero attached hydrogens (tertiary/aromatic N) is 1. The first-order valence-corrected chi connectivity index (χ1v) is 3.73. The van der Waals surface area contributed by atoms with Gasteiger partial charge < -0.3 is 4.74 Å². The van der Waals surface area contributed by atoms with E-state index in [0.29, 0.717) is 11.3 Å². The maximum absolute atomic E-state index is 10.6. The molecule has 0 amide bonds. The minimum atomic E-state index is -0.143. The smallest absolute Gasteiger partial charge is 0.153 e. The predicted octanol–water partition coefficient (Wildman–Crippen LogP) is 1.24. The summed E-state index contributed by atoms with van der Waals surface area (Å²) < 4.78 is 5.05. The van der Waals surface area contributed by atoms with Crippen LogP contribution in [0.2, 0.25) is 0 Å². The number of ether oxygens (including phenoxy) is 1. The van der Waals surface area contributed by atoms with E-state index in [9.17, 15) is 4.79 Å². The third kappa shape index (κ3) is 1.38. The molecule has 0 fully saturated rings. The number of hydrogen-bond acceptors (Lipinski definition) is 3. The second-order valence-corrected chi connectivity index (χ2v) is 2.64. The van der Waals surface area contributed by atoms with Crippen molar-refractivity contribution < 1.29 is 9.53 Å². The van der Waals surface area contributed by atoms with Gasteiger partial charge in [0.1, 0.15) is 5.69 Å². The number of aromatic amines is 1. The van der Waals surface area contributed by atoms with Crippen LogP contribution in [0.1, 0.15) is 34.8 Å². The summed E-state index contributed by atoms with van der Waals surface area (Å²) in [6.07, 6.45) is 0.652. The Labute approximate surface area is 70.9 Å². The molecular weight excluding hydrogens is 156 g/mol. The van der Waals surface area contributed by atoms with Crippen molar-refractivity contribution in [1.29, 1.82) is 0 Å². The number of aryl methyl sites for hydroxylation is 1. The highest BCUT2D eigenvalue weighted by Gasteiger charge is 2.14. The van der Waals surface area contributed by atoms with Crippen molar-refractivity contribution in [2.45, 2.75) is 20.0 Å². The number of rotatable bonds is 3. The van der Waals surface area contributed by atoms with Crippen molar-refractivity contribution >= 4 is 6.29 Å². The summed E-state index contributed by atoms with van der Waals surface area (Å²) >= 11 is 0. The van der Waals surface area contributed by atoms with E-state index in [1.807, 2.05) is 13.8 Å². The lowest BCUT2D eigenvalue weighted by Gasteiger charge is -2.05. The van der Waals surface area contributed by atoms with E-state index in [2.05, 4.69) is 10.2 Å². The molecule has 0 aliphatic heterocycles. The normalized spacial score (nSPS) is 12.9. The van der Waals surface area contributed by atoms with Crippen LogP contribution < -0.4 is 0 Å². The van der Waals surface area contributed by atoms with Gasteiger partial charge in [0.15, 0.2) is 6.29 Å². The van der Waals surface area contributed by atoms with E-state index in [0.717, 1.165) is 12.0 Å². The maximum Gasteiger partial charge on any atom is 0.153 e. The van der Waals surface area contributed by atoms with Crippen LogP contribution in [0.5, 0.6) is 0 Å². The van der Waals surface area contributed by atoms with Gasteiger partial charge in [-0.05, 0) is 13.8 Å². The van der Waals surface area contributed by atoms with Crippen LogP contribution >= 0.6 is 0 Å². The van der Waals surface area contributed by atoms with Crippen molar-refractivity contribution in [2.75, 3.05) is 7.11 Å². The second-order valence-electron chi connectivity index (χ2n) is 2.64. The molecule has 1 N–H and O–H groups in total. The highest BCUT2D eigenvalue weighted by atomic mass is 16.5. The molecule has 4 heteroatoms. The Bertz CT molecular complexity index is 281. The Morgan fingerprint density at radius 1 is 1.67 bits per heavy atom. The number of carbonyl (C=O) groups excluding carboxylic acids is 1. The molecule has 0 saturated carbocycles. The summed E-state index contributed by atoms with van der Waals surface area (Å²) in [5, 5.41) is 6.72. The molecule has 0 bridgehead atoms. The highest BCUT2D eigenvalue weighted by molar-refractivity contribution is 5.78. The fraction of sp³-hybridized carbons (Fsp3) is 0.500. The lowest BCUT2D eigenvalue weighted by molar-refractivity contribution is 0.107. The minimum absolute atomic E-state index is 0.143. The van der Waals surface area contributed by atoms with Crippen LogP contribution in [0.4, 0.5) is 0 Å². The standard InChI is InChI=1S/C8H12N2O2/c1-5-7(4-11)8(10-9-5)6(2)12-3/h4,6H,1-3H3,(H,9,10). The number of nitrogens with one attached hydrogen (secondary N) is 1. The van der Waals surface area contributed by atoms with E-state index in [-0.39, 0.29) is 6.10 Å². The van der Waals surface area contributed by atoms with Gasteiger partial charge in [-0.3, -0.25) is 9.89 Å². The topological polar surface area (TPSA) is 55.0 Å². The monoisotopic (exact) mass is 168 g/mol. The number of H-pyrrole nitrogens is 1. The molecule has 1 rings (SSSR count). The zero-order valence-electron chi connectivity index (χ0n) is 7.42. The molecule has 4 nitrogen and oxygen atoms in total. The number of aromatic nitrogens is 2. The van der Waals surface area contributed by atoms with Crippen molar-refractivity contribution in [1.82, 2.24) is 10.2 Å². The summed E-state index contributed by atoms with van der Waals surface area (Å²) in [5.41, 5.74) is 2.05. The minimum Gasteiger partial charge on any atom is -0.375 e. The van der Waals surface area contributed by atoms with E-state index in [4.69, 9.17) is 4.74 Å². The molecular formula is C8H12N2O2.